The van der Waals surface area contributed by atoms with Gasteiger partial charge in [0, 0.05) is 35.2 Å². The fraction of sp³-hybridized carbons (Fsp3) is 0.136. The zero-order valence-electron chi connectivity index (χ0n) is 15.0. The molecule has 0 spiro atoms. The second-order valence-electron chi connectivity index (χ2n) is 6.47. The van der Waals surface area contributed by atoms with Gasteiger partial charge in [0.05, 0.1) is 0 Å². The van der Waals surface area contributed by atoms with Crippen LogP contribution in [0.25, 0.3) is 0 Å². The van der Waals surface area contributed by atoms with Crippen molar-refractivity contribution in [1.29, 1.82) is 0 Å². The monoisotopic (exact) mass is 416 g/mol. The molecule has 0 unspecified atom stereocenters. The highest BCUT2D eigenvalue weighted by molar-refractivity contribution is 6.34. The molecule has 0 atom stereocenters. The fourth-order valence-corrected chi connectivity index (χ4v) is 3.52. The highest BCUT2D eigenvalue weighted by Gasteiger charge is 2.18. The third kappa shape index (κ3) is 5.32. The molecular weight excluding hydrogens is 398 g/mol. The van der Waals surface area contributed by atoms with Crippen LogP contribution in [0.4, 0.5) is 4.39 Å². The molecule has 0 radical (unpaired) electrons. The van der Waals surface area contributed by atoms with Crippen LogP contribution in [0.3, 0.4) is 0 Å². The molecule has 3 nitrogen and oxygen atoms in total. The average molecular weight is 417 g/mol. The number of benzene rings is 3. The Morgan fingerprint density at radius 2 is 1.50 bits per heavy atom. The summed E-state index contributed by atoms with van der Waals surface area (Å²) in [7, 11) is 0. The Morgan fingerprint density at radius 3 is 2.14 bits per heavy atom. The largest absolute Gasteiger partial charge is 0.330 e. The minimum absolute atomic E-state index is 0.157. The van der Waals surface area contributed by atoms with Crippen LogP contribution in [0.2, 0.25) is 10.0 Å². The molecule has 0 aliphatic rings. The summed E-state index contributed by atoms with van der Waals surface area (Å²) >= 11 is 12.2. The molecule has 0 aliphatic heterocycles. The number of nitrogens with zero attached hydrogens (tertiary/aromatic N) is 1. The van der Waals surface area contributed by atoms with Gasteiger partial charge in [0.1, 0.15) is 5.82 Å². The Balaban J connectivity index is 1.92. The third-order valence-electron chi connectivity index (χ3n) is 4.28. The quantitative estimate of drug-likeness (QED) is 0.581. The smallest absolute Gasteiger partial charge is 0.254 e. The van der Waals surface area contributed by atoms with Crippen LogP contribution < -0.4 is 5.73 Å². The van der Waals surface area contributed by atoms with Gasteiger partial charge in [-0.3, -0.25) is 4.79 Å². The number of nitrogens with two attached hydrogens (primary N) is 1. The van der Waals surface area contributed by atoms with Gasteiger partial charge < -0.3 is 10.6 Å². The van der Waals surface area contributed by atoms with E-state index in [1.165, 1.54) is 12.1 Å². The molecule has 0 heterocycles. The Bertz CT molecular complexity index is 956. The number of rotatable bonds is 6. The first-order valence-corrected chi connectivity index (χ1v) is 9.48. The van der Waals surface area contributed by atoms with Crippen molar-refractivity contribution in [3.8, 4) is 0 Å². The van der Waals surface area contributed by atoms with E-state index in [1.54, 1.807) is 47.4 Å². The van der Waals surface area contributed by atoms with Gasteiger partial charge in [0.2, 0.25) is 0 Å². The molecule has 28 heavy (non-hydrogen) atoms. The van der Waals surface area contributed by atoms with Gasteiger partial charge in [-0.1, -0.05) is 47.5 Å². The topological polar surface area (TPSA) is 46.3 Å². The van der Waals surface area contributed by atoms with E-state index in [-0.39, 0.29) is 11.7 Å². The molecule has 2 N–H and O–H groups in total. The number of carbonyl (C=O) groups is 1. The van der Waals surface area contributed by atoms with Crippen LogP contribution in [-0.4, -0.2) is 10.8 Å². The number of carbonyl (C=O) groups excluding carboxylic acids is 1. The molecule has 0 bridgehead atoms. The van der Waals surface area contributed by atoms with Crippen LogP contribution in [0.1, 0.15) is 27.0 Å². The first-order valence-electron chi connectivity index (χ1n) is 8.72. The van der Waals surface area contributed by atoms with Crippen molar-refractivity contribution in [2.24, 2.45) is 5.73 Å². The molecule has 0 saturated carbocycles. The Kier molecular flexibility index (Phi) is 6.68. The average Bonchev–Trinajstić information content (AvgIpc) is 2.68. The lowest BCUT2D eigenvalue weighted by Gasteiger charge is -2.24. The van der Waals surface area contributed by atoms with Crippen molar-refractivity contribution in [2.45, 2.75) is 19.6 Å². The van der Waals surface area contributed by atoms with Gasteiger partial charge in [0.25, 0.3) is 5.91 Å². The van der Waals surface area contributed by atoms with E-state index < -0.39 is 0 Å². The second-order valence-corrected chi connectivity index (χ2v) is 7.34. The van der Waals surface area contributed by atoms with Gasteiger partial charge in [-0.2, -0.15) is 0 Å². The summed E-state index contributed by atoms with van der Waals surface area (Å²) in [5.41, 5.74) is 8.74. The summed E-state index contributed by atoms with van der Waals surface area (Å²) in [5.74, 6) is -0.477. The van der Waals surface area contributed by atoms with E-state index in [0.29, 0.717) is 35.2 Å². The van der Waals surface area contributed by atoms with Gasteiger partial charge in [-0.15, -0.1) is 0 Å². The Hall–Kier alpha value is -2.40. The summed E-state index contributed by atoms with van der Waals surface area (Å²) in [5, 5.41) is 1.00. The van der Waals surface area contributed by atoms with E-state index in [1.807, 2.05) is 12.1 Å². The molecule has 3 aromatic rings. The summed E-state index contributed by atoms with van der Waals surface area (Å²) in [4.78, 5) is 14.9. The van der Waals surface area contributed by atoms with Crippen molar-refractivity contribution in [1.82, 2.24) is 4.90 Å². The molecule has 0 saturated heterocycles. The summed E-state index contributed by atoms with van der Waals surface area (Å²) in [6, 6.07) is 18.5. The molecule has 1 amide bonds. The number of hydrogen-bond donors (Lipinski definition) is 1. The van der Waals surface area contributed by atoms with Crippen LogP contribution in [-0.2, 0) is 19.6 Å². The fourth-order valence-electron chi connectivity index (χ4n) is 2.95. The number of amides is 1. The predicted molar refractivity (Wildman–Crippen MR) is 111 cm³/mol. The highest BCUT2D eigenvalue weighted by Crippen LogP contribution is 2.22. The van der Waals surface area contributed by atoms with Crippen molar-refractivity contribution in [3.05, 3.63) is 105 Å². The molecule has 0 aliphatic carbocycles. The summed E-state index contributed by atoms with van der Waals surface area (Å²) < 4.78 is 13.2. The maximum atomic E-state index is 13.2. The van der Waals surface area contributed by atoms with E-state index in [2.05, 4.69) is 0 Å². The van der Waals surface area contributed by atoms with Crippen molar-refractivity contribution in [3.63, 3.8) is 0 Å². The maximum absolute atomic E-state index is 13.2. The van der Waals surface area contributed by atoms with E-state index in [4.69, 9.17) is 28.9 Å². The minimum atomic E-state index is -0.320. The normalized spacial score (nSPS) is 10.7. The Labute approximate surface area is 173 Å². The lowest BCUT2D eigenvalue weighted by Crippen LogP contribution is -2.30. The minimum Gasteiger partial charge on any atom is -0.330 e. The lowest BCUT2D eigenvalue weighted by atomic mass is 10.1. The second kappa shape index (κ2) is 9.20. The van der Waals surface area contributed by atoms with Crippen molar-refractivity contribution >= 4 is 29.1 Å². The van der Waals surface area contributed by atoms with Crippen LogP contribution in [0, 0.1) is 5.82 Å². The highest BCUT2D eigenvalue weighted by atomic mass is 35.5. The van der Waals surface area contributed by atoms with Crippen molar-refractivity contribution < 1.29 is 9.18 Å². The van der Waals surface area contributed by atoms with Gasteiger partial charge >= 0.3 is 0 Å². The number of hydrogen-bond acceptors (Lipinski definition) is 2. The van der Waals surface area contributed by atoms with Crippen molar-refractivity contribution in [2.75, 3.05) is 0 Å². The first-order chi connectivity index (χ1) is 13.4. The van der Waals surface area contributed by atoms with E-state index >= 15 is 0 Å². The standard InChI is InChI=1S/C22H19Cl2FN2O/c23-19-9-17(10-20(24)11-19)14-27(13-15-4-6-21(25)7-5-15)22(28)18-3-1-2-16(8-18)12-26/h1-11H,12-14,26H2. The SMILES string of the molecule is NCc1cccc(C(=O)N(Cc2ccc(F)cc2)Cc2cc(Cl)cc(Cl)c2)c1. The van der Waals surface area contributed by atoms with E-state index in [9.17, 15) is 9.18 Å². The molecule has 3 aromatic carbocycles. The molecule has 0 aromatic heterocycles. The summed E-state index contributed by atoms with van der Waals surface area (Å²) in [6.07, 6.45) is 0. The number of halogens is 3. The van der Waals surface area contributed by atoms with Gasteiger partial charge in [-0.25, -0.2) is 4.39 Å². The van der Waals surface area contributed by atoms with Crippen LogP contribution >= 0.6 is 23.2 Å². The van der Waals surface area contributed by atoms with E-state index in [0.717, 1.165) is 16.7 Å². The van der Waals surface area contributed by atoms with Gasteiger partial charge in [-0.05, 0) is 59.2 Å². The third-order valence-corrected chi connectivity index (χ3v) is 4.72. The predicted octanol–water partition coefficient (Wildman–Crippen LogP) is 5.43. The molecule has 0 fully saturated rings. The molecular formula is C22H19Cl2FN2O. The lowest BCUT2D eigenvalue weighted by molar-refractivity contribution is 0.0730. The molecule has 3 rings (SSSR count). The molecule has 6 heteroatoms. The zero-order valence-corrected chi connectivity index (χ0v) is 16.6. The Morgan fingerprint density at radius 1 is 0.857 bits per heavy atom. The summed E-state index contributed by atoms with van der Waals surface area (Å²) in [6.45, 7) is 0.975. The maximum Gasteiger partial charge on any atom is 0.254 e. The first kappa shape index (κ1) is 20.3. The van der Waals surface area contributed by atoms with Crippen LogP contribution in [0.15, 0.2) is 66.7 Å². The van der Waals surface area contributed by atoms with Crippen LogP contribution in [0.5, 0.6) is 0 Å². The van der Waals surface area contributed by atoms with Gasteiger partial charge in [0.15, 0.2) is 0 Å². The zero-order chi connectivity index (χ0) is 20.1. The molecule has 144 valence electrons.